The van der Waals surface area contributed by atoms with Gasteiger partial charge in [0.1, 0.15) is 6.54 Å². The lowest BCUT2D eigenvalue weighted by molar-refractivity contribution is -0.00000274. The van der Waals surface area contributed by atoms with Gasteiger partial charge in [0.25, 0.3) is 0 Å². The molecule has 0 aliphatic carbocycles. The minimum absolute atomic E-state index is 0. The number of halogens is 1. The van der Waals surface area contributed by atoms with E-state index in [0.717, 1.165) is 16.8 Å². The lowest BCUT2D eigenvalue weighted by atomic mass is 10.4. The largest absolute Gasteiger partial charge is 1.00 e. The predicted octanol–water partition coefficient (Wildman–Crippen LogP) is -1.16. The maximum Gasteiger partial charge on any atom is 0.227 e. The monoisotopic (exact) mass is 198 g/mol. The molecule has 0 atom stereocenters. The number of rotatable bonds is 3. The smallest absolute Gasteiger partial charge is 0.227 e. The third-order valence-corrected chi connectivity index (χ3v) is 1.86. The summed E-state index contributed by atoms with van der Waals surface area (Å²) in [4.78, 5) is 4.29. The fraction of sp³-hybridized carbons (Fsp3) is 0.300. The Hall–Kier alpha value is -0.860. The van der Waals surface area contributed by atoms with Crippen molar-refractivity contribution in [3.8, 4) is 0 Å². The molecule has 1 aromatic heterocycles. The second-order valence-electron chi connectivity index (χ2n) is 3.34. The number of nitrogens with zero attached hydrogens (tertiary/aromatic N) is 2. The van der Waals surface area contributed by atoms with Gasteiger partial charge in [0, 0.05) is 12.3 Å². The first-order chi connectivity index (χ1) is 5.67. The molecule has 0 aliphatic heterocycles. The zero-order valence-corrected chi connectivity index (χ0v) is 8.83. The second-order valence-corrected chi connectivity index (χ2v) is 3.34. The molecule has 0 radical (unpaired) electrons. The highest BCUT2D eigenvalue weighted by molar-refractivity contribution is 5.32. The van der Waals surface area contributed by atoms with Gasteiger partial charge in [0.15, 0.2) is 0 Å². The number of hydrogen-bond acceptors (Lipinski definition) is 1. The lowest BCUT2D eigenvalue weighted by Gasteiger charge is -2.25. The van der Waals surface area contributed by atoms with Crippen molar-refractivity contribution in [2.24, 2.45) is 0 Å². The third kappa shape index (κ3) is 3.17. The normalized spacial score (nSPS) is 10.3. The molecule has 0 fully saturated rings. The SMILES string of the molecule is C=CC[N+](C)(C)c1ccccn1.[Cl-]. The predicted molar refractivity (Wildman–Crippen MR) is 52.9 cm³/mol. The van der Waals surface area contributed by atoms with Crippen LogP contribution in [0.2, 0.25) is 0 Å². The highest BCUT2D eigenvalue weighted by Crippen LogP contribution is 2.13. The van der Waals surface area contributed by atoms with Crippen LogP contribution in [0.25, 0.3) is 0 Å². The Morgan fingerprint density at radius 3 is 2.62 bits per heavy atom. The summed E-state index contributed by atoms with van der Waals surface area (Å²) in [6.45, 7) is 4.63. The Labute approximate surface area is 85.9 Å². The van der Waals surface area contributed by atoms with Crippen LogP contribution < -0.4 is 16.9 Å². The Morgan fingerprint density at radius 1 is 1.46 bits per heavy atom. The molecular formula is C10H15ClN2. The molecule has 13 heavy (non-hydrogen) atoms. The molecule has 0 saturated carbocycles. The molecular weight excluding hydrogens is 184 g/mol. The quantitative estimate of drug-likeness (QED) is 0.441. The Morgan fingerprint density at radius 2 is 2.15 bits per heavy atom. The van der Waals surface area contributed by atoms with E-state index < -0.39 is 0 Å². The van der Waals surface area contributed by atoms with Gasteiger partial charge in [0.2, 0.25) is 5.82 Å². The number of quaternary nitrogens is 1. The first-order valence-corrected chi connectivity index (χ1v) is 4.02. The summed E-state index contributed by atoms with van der Waals surface area (Å²) in [5.74, 6) is 1.07. The van der Waals surface area contributed by atoms with E-state index in [0.29, 0.717) is 0 Å². The highest BCUT2D eigenvalue weighted by atomic mass is 35.5. The molecule has 1 aromatic rings. The van der Waals surface area contributed by atoms with Crippen molar-refractivity contribution in [1.29, 1.82) is 0 Å². The van der Waals surface area contributed by atoms with Crippen LogP contribution in [0, 0.1) is 0 Å². The topological polar surface area (TPSA) is 12.9 Å². The van der Waals surface area contributed by atoms with Crippen molar-refractivity contribution >= 4 is 5.82 Å². The van der Waals surface area contributed by atoms with Gasteiger partial charge in [-0.1, -0.05) is 12.6 Å². The minimum Gasteiger partial charge on any atom is -1.00 e. The summed E-state index contributed by atoms with van der Waals surface area (Å²) in [6, 6.07) is 5.96. The van der Waals surface area contributed by atoms with Crippen molar-refractivity contribution in [2.75, 3.05) is 20.6 Å². The van der Waals surface area contributed by atoms with Gasteiger partial charge >= 0.3 is 0 Å². The van der Waals surface area contributed by atoms with Gasteiger partial charge in [-0.2, -0.15) is 0 Å². The molecule has 1 rings (SSSR count). The van der Waals surface area contributed by atoms with Crippen LogP contribution in [0.5, 0.6) is 0 Å². The Bertz CT molecular complexity index is 257. The van der Waals surface area contributed by atoms with Crippen LogP contribution in [0.1, 0.15) is 0 Å². The molecule has 2 nitrogen and oxygen atoms in total. The van der Waals surface area contributed by atoms with Gasteiger partial charge in [-0.3, -0.25) is 4.48 Å². The number of hydrogen-bond donors (Lipinski definition) is 0. The molecule has 3 heteroatoms. The third-order valence-electron chi connectivity index (χ3n) is 1.86. The molecule has 0 aliphatic rings. The summed E-state index contributed by atoms with van der Waals surface area (Å²) in [7, 11) is 4.23. The van der Waals surface area contributed by atoms with Crippen LogP contribution in [0.3, 0.4) is 0 Å². The van der Waals surface area contributed by atoms with Crippen LogP contribution in [0.4, 0.5) is 5.82 Å². The van der Waals surface area contributed by atoms with Crippen LogP contribution >= 0.6 is 0 Å². The lowest BCUT2D eigenvalue weighted by Crippen LogP contribution is -3.00. The summed E-state index contributed by atoms with van der Waals surface area (Å²) >= 11 is 0. The first-order valence-electron chi connectivity index (χ1n) is 4.02. The van der Waals surface area contributed by atoms with Crippen molar-refractivity contribution in [3.05, 3.63) is 37.1 Å². The molecule has 0 N–H and O–H groups in total. The first kappa shape index (κ1) is 12.1. The minimum atomic E-state index is 0. The summed E-state index contributed by atoms with van der Waals surface area (Å²) in [5.41, 5.74) is 0. The van der Waals surface area contributed by atoms with E-state index >= 15 is 0 Å². The number of aromatic nitrogens is 1. The van der Waals surface area contributed by atoms with E-state index in [9.17, 15) is 0 Å². The van der Waals surface area contributed by atoms with Gasteiger partial charge in [-0.05, 0) is 12.1 Å². The highest BCUT2D eigenvalue weighted by Gasteiger charge is 2.17. The standard InChI is InChI=1S/C10H15N2.ClH/c1-4-9-12(2,3)10-7-5-6-8-11-10;/h4-8H,1,9H2,2-3H3;1H/q+1;/p-1. The summed E-state index contributed by atoms with van der Waals surface area (Å²) in [5, 5.41) is 0. The number of likely N-dealkylation sites (N-methyl/N-ethyl adjacent to an activating group) is 1. The fourth-order valence-corrected chi connectivity index (χ4v) is 1.13. The zero-order valence-electron chi connectivity index (χ0n) is 8.07. The van der Waals surface area contributed by atoms with Crippen LogP contribution in [-0.4, -0.2) is 25.6 Å². The summed E-state index contributed by atoms with van der Waals surface area (Å²) < 4.78 is 0.754. The van der Waals surface area contributed by atoms with Crippen LogP contribution in [0.15, 0.2) is 37.1 Å². The van der Waals surface area contributed by atoms with Crippen molar-refractivity contribution in [3.63, 3.8) is 0 Å². The molecule has 0 bridgehead atoms. The van der Waals surface area contributed by atoms with Crippen LogP contribution in [-0.2, 0) is 0 Å². The van der Waals surface area contributed by atoms with E-state index in [1.165, 1.54) is 0 Å². The summed E-state index contributed by atoms with van der Waals surface area (Å²) in [6.07, 6.45) is 3.73. The Balaban J connectivity index is 0.00000144. The number of pyridine rings is 1. The fourth-order valence-electron chi connectivity index (χ4n) is 1.13. The molecule has 0 amide bonds. The molecule has 72 valence electrons. The van der Waals surface area contributed by atoms with Gasteiger partial charge in [-0.25, -0.2) is 4.98 Å². The Kier molecular flexibility index (Phi) is 4.67. The maximum atomic E-state index is 4.29. The molecule has 0 saturated heterocycles. The van der Waals surface area contributed by atoms with Gasteiger partial charge in [0.05, 0.1) is 14.1 Å². The molecule has 0 spiro atoms. The van der Waals surface area contributed by atoms with E-state index in [2.05, 4.69) is 25.7 Å². The van der Waals surface area contributed by atoms with Crippen molar-refractivity contribution in [2.45, 2.75) is 0 Å². The van der Waals surface area contributed by atoms with E-state index in [-0.39, 0.29) is 12.4 Å². The van der Waals surface area contributed by atoms with Gasteiger partial charge in [-0.15, -0.1) is 0 Å². The van der Waals surface area contributed by atoms with E-state index in [1.807, 2.05) is 30.5 Å². The van der Waals surface area contributed by atoms with Crippen molar-refractivity contribution in [1.82, 2.24) is 9.47 Å². The maximum absolute atomic E-state index is 4.29. The average Bonchev–Trinajstić information content (AvgIpc) is 2.06. The van der Waals surface area contributed by atoms with Gasteiger partial charge < -0.3 is 12.4 Å². The van der Waals surface area contributed by atoms with Crippen molar-refractivity contribution < 1.29 is 12.4 Å². The second kappa shape index (κ2) is 5.00. The molecule has 0 aromatic carbocycles. The molecule has 1 heterocycles. The average molecular weight is 199 g/mol. The zero-order chi connectivity index (χ0) is 9.03. The molecule has 0 unspecified atom stereocenters. The van der Waals surface area contributed by atoms with E-state index in [4.69, 9.17) is 0 Å². The van der Waals surface area contributed by atoms with E-state index in [1.54, 1.807) is 0 Å².